The Balaban J connectivity index is 2.32. The van der Waals surface area contributed by atoms with E-state index < -0.39 is 0 Å². The highest BCUT2D eigenvalue weighted by molar-refractivity contribution is 9.10. The summed E-state index contributed by atoms with van der Waals surface area (Å²) in [4.78, 5) is 14.1. The van der Waals surface area contributed by atoms with Gasteiger partial charge < -0.3 is 4.90 Å². The highest BCUT2D eigenvalue weighted by Crippen LogP contribution is 2.22. The van der Waals surface area contributed by atoms with Crippen molar-refractivity contribution in [2.45, 2.75) is 6.92 Å². The zero-order chi connectivity index (χ0) is 14.7. The number of benzene rings is 2. The van der Waals surface area contributed by atoms with Gasteiger partial charge in [0, 0.05) is 17.2 Å². The van der Waals surface area contributed by atoms with E-state index in [4.69, 9.17) is 5.26 Å². The fourth-order valence-electron chi connectivity index (χ4n) is 1.86. The lowest BCUT2D eigenvalue weighted by Crippen LogP contribution is -2.26. The van der Waals surface area contributed by atoms with Crippen LogP contribution in [0.5, 0.6) is 0 Å². The van der Waals surface area contributed by atoms with Crippen molar-refractivity contribution >= 4 is 27.5 Å². The molecule has 4 heteroatoms. The molecule has 20 heavy (non-hydrogen) atoms. The molecule has 0 atom stereocenters. The van der Waals surface area contributed by atoms with E-state index in [0.717, 1.165) is 15.7 Å². The Labute approximate surface area is 126 Å². The molecule has 0 unspecified atom stereocenters. The molecule has 0 bridgehead atoms. The lowest BCUT2D eigenvalue weighted by atomic mass is 10.1. The number of carbonyl (C=O) groups is 1. The Hall–Kier alpha value is -2.12. The van der Waals surface area contributed by atoms with Gasteiger partial charge in [-0.3, -0.25) is 4.79 Å². The van der Waals surface area contributed by atoms with Crippen LogP contribution in [0, 0.1) is 18.3 Å². The number of amides is 1. The van der Waals surface area contributed by atoms with Crippen LogP contribution in [0.3, 0.4) is 0 Å². The first kappa shape index (κ1) is 14.3. The molecule has 1 amide bonds. The molecule has 0 N–H and O–H groups in total. The maximum absolute atomic E-state index is 12.5. The van der Waals surface area contributed by atoms with Crippen molar-refractivity contribution in [1.29, 1.82) is 5.26 Å². The monoisotopic (exact) mass is 328 g/mol. The minimum atomic E-state index is -0.0923. The van der Waals surface area contributed by atoms with Crippen LogP contribution in [-0.4, -0.2) is 13.0 Å². The lowest BCUT2D eigenvalue weighted by molar-refractivity contribution is 0.0992. The molecule has 0 spiro atoms. The largest absolute Gasteiger partial charge is 0.311 e. The van der Waals surface area contributed by atoms with Crippen molar-refractivity contribution in [2.24, 2.45) is 0 Å². The number of halogens is 1. The van der Waals surface area contributed by atoms with E-state index in [1.165, 1.54) is 0 Å². The third-order valence-corrected chi connectivity index (χ3v) is 3.73. The number of nitriles is 1. The van der Waals surface area contributed by atoms with Crippen LogP contribution < -0.4 is 4.90 Å². The van der Waals surface area contributed by atoms with Gasteiger partial charge in [0.1, 0.15) is 0 Å². The number of carbonyl (C=O) groups excluding carboxylic acids is 1. The molecule has 0 fully saturated rings. The predicted octanol–water partition coefficient (Wildman–Crippen LogP) is 3.91. The number of hydrogen-bond acceptors (Lipinski definition) is 2. The molecule has 0 saturated carbocycles. The normalized spacial score (nSPS) is 9.90. The van der Waals surface area contributed by atoms with Crippen molar-refractivity contribution in [3.63, 3.8) is 0 Å². The summed E-state index contributed by atoms with van der Waals surface area (Å²) in [6.07, 6.45) is 0. The second kappa shape index (κ2) is 5.89. The molecule has 0 aromatic heterocycles. The molecule has 2 aromatic carbocycles. The second-order valence-corrected chi connectivity index (χ2v) is 5.36. The molecular formula is C16H13BrN2O. The molecule has 0 aliphatic carbocycles. The first-order valence-electron chi connectivity index (χ1n) is 6.07. The summed E-state index contributed by atoms with van der Waals surface area (Å²) in [5.41, 5.74) is 2.98. The summed E-state index contributed by atoms with van der Waals surface area (Å²) in [5, 5.41) is 8.78. The SMILES string of the molecule is Cc1ccc(Br)c(C(=O)N(C)c2ccc(C#N)cc2)c1. The minimum absolute atomic E-state index is 0.0923. The maximum atomic E-state index is 12.5. The molecule has 0 radical (unpaired) electrons. The molecule has 0 aliphatic heterocycles. The number of hydrogen-bond donors (Lipinski definition) is 0. The van der Waals surface area contributed by atoms with E-state index in [2.05, 4.69) is 22.0 Å². The van der Waals surface area contributed by atoms with E-state index in [-0.39, 0.29) is 5.91 Å². The van der Waals surface area contributed by atoms with Gasteiger partial charge in [0.2, 0.25) is 0 Å². The molecule has 0 aliphatic rings. The molecule has 3 nitrogen and oxygen atoms in total. The predicted molar refractivity (Wildman–Crippen MR) is 82.8 cm³/mol. The van der Waals surface area contributed by atoms with Gasteiger partial charge in [-0.1, -0.05) is 11.6 Å². The third-order valence-electron chi connectivity index (χ3n) is 3.04. The first-order valence-corrected chi connectivity index (χ1v) is 6.86. The summed E-state index contributed by atoms with van der Waals surface area (Å²) in [7, 11) is 1.72. The van der Waals surface area contributed by atoms with Crippen molar-refractivity contribution in [1.82, 2.24) is 0 Å². The van der Waals surface area contributed by atoms with Crippen LogP contribution in [0.25, 0.3) is 0 Å². The average molecular weight is 329 g/mol. The zero-order valence-corrected chi connectivity index (χ0v) is 12.8. The number of rotatable bonds is 2. The molecule has 100 valence electrons. The molecule has 0 saturated heterocycles. The van der Waals surface area contributed by atoms with Crippen molar-refractivity contribution in [2.75, 3.05) is 11.9 Å². The van der Waals surface area contributed by atoms with Gasteiger partial charge in [-0.2, -0.15) is 5.26 Å². The third kappa shape index (κ3) is 2.89. The van der Waals surface area contributed by atoms with E-state index in [1.54, 1.807) is 36.2 Å². The van der Waals surface area contributed by atoms with Crippen molar-refractivity contribution in [3.05, 3.63) is 63.6 Å². The van der Waals surface area contributed by atoms with Crippen LogP contribution in [0.2, 0.25) is 0 Å². The van der Waals surface area contributed by atoms with Crippen molar-refractivity contribution < 1.29 is 4.79 Å². The summed E-state index contributed by atoms with van der Waals surface area (Å²) in [6.45, 7) is 1.95. The van der Waals surface area contributed by atoms with Crippen LogP contribution in [0.4, 0.5) is 5.69 Å². The summed E-state index contributed by atoms with van der Waals surface area (Å²) in [5.74, 6) is -0.0923. The highest BCUT2D eigenvalue weighted by atomic mass is 79.9. The smallest absolute Gasteiger partial charge is 0.259 e. The van der Waals surface area contributed by atoms with Gasteiger partial charge in [0.15, 0.2) is 0 Å². The van der Waals surface area contributed by atoms with E-state index in [9.17, 15) is 4.79 Å². The number of aryl methyl sites for hydroxylation is 1. The zero-order valence-electron chi connectivity index (χ0n) is 11.2. The van der Waals surface area contributed by atoms with Gasteiger partial charge in [-0.05, 0) is 59.3 Å². The van der Waals surface area contributed by atoms with E-state index in [0.29, 0.717) is 11.1 Å². The van der Waals surface area contributed by atoms with Crippen LogP contribution >= 0.6 is 15.9 Å². The number of nitrogens with zero attached hydrogens (tertiary/aromatic N) is 2. The minimum Gasteiger partial charge on any atom is -0.311 e. The Kier molecular flexibility index (Phi) is 4.21. The summed E-state index contributed by atoms with van der Waals surface area (Å²) < 4.78 is 0.772. The van der Waals surface area contributed by atoms with Gasteiger partial charge in [-0.15, -0.1) is 0 Å². The molecule has 0 heterocycles. The highest BCUT2D eigenvalue weighted by Gasteiger charge is 2.16. The molecular weight excluding hydrogens is 316 g/mol. The van der Waals surface area contributed by atoms with Crippen molar-refractivity contribution in [3.8, 4) is 6.07 Å². The first-order chi connectivity index (χ1) is 9.52. The van der Waals surface area contributed by atoms with Crippen LogP contribution in [0.15, 0.2) is 46.9 Å². The van der Waals surface area contributed by atoms with Gasteiger partial charge >= 0.3 is 0 Å². The summed E-state index contributed by atoms with van der Waals surface area (Å²) in [6, 6.07) is 14.7. The lowest BCUT2D eigenvalue weighted by Gasteiger charge is -2.18. The van der Waals surface area contributed by atoms with Crippen LogP contribution in [-0.2, 0) is 0 Å². The van der Waals surface area contributed by atoms with Gasteiger partial charge in [0.05, 0.1) is 17.2 Å². The second-order valence-electron chi connectivity index (χ2n) is 4.51. The van der Waals surface area contributed by atoms with E-state index >= 15 is 0 Å². The quantitative estimate of drug-likeness (QED) is 0.838. The average Bonchev–Trinajstić information content (AvgIpc) is 2.48. The van der Waals surface area contributed by atoms with Crippen LogP contribution in [0.1, 0.15) is 21.5 Å². The molecule has 2 rings (SSSR count). The van der Waals surface area contributed by atoms with E-state index in [1.807, 2.05) is 25.1 Å². The van der Waals surface area contributed by atoms with Gasteiger partial charge in [-0.25, -0.2) is 0 Å². The standard InChI is InChI=1S/C16H13BrN2O/c1-11-3-8-15(17)14(9-11)16(20)19(2)13-6-4-12(10-18)5-7-13/h3-9H,1-2H3. The topological polar surface area (TPSA) is 44.1 Å². The summed E-state index contributed by atoms with van der Waals surface area (Å²) >= 11 is 3.40. The Morgan fingerprint density at radius 2 is 1.85 bits per heavy atom. The fourth-order valence-corrected chi connectivity index (χ4v) is 2.28. The Bertz CT molecular complexity index is 687. The van der Waals surface area contributed by atoms with Gasteiger partial charge in [0.25, 0.3) is 5.91 Å². The Morgan fingerprint density at radius 3 is 2.45 bits per heavy atom. The number of anilines is 1. The maximum Gasteiger partial charge on any atom is 0.259 e. The Morgan fingerprint density at radius 1 is 1.20 bits per heavy atom. The fraction of sp³-hybridized carbons (Fsp3) is 0.125. The molecule has 2 aromatic rings.